The highest BCUT2D eigenvalue weighted by Gasteiger charge is 2.34. The van der Waals surface area contributed by atoms with Crippen LogP contribution in [0.5, 0.6) is 0 Å². The summed E-state index contributed by atoms with van der Waals surface area (Å²) < 4.78 is 57.7. The Hall–Kier alpha value is -6.17. The van der Waals surface area contributed by atoms with Gasteiger partial charge in [0.1, 0.15) is 12.1 Å². The van der Waals surface area contributed by atoms with E-state index in [0.717, 1.165) is 0 Å². The van der Waals surface area contributed by atoms with Crippen LogP contribution in [0.3, 0.4) is 0 Å². The van der Waals surface area contributed by atoms with Gasteiger partial charge in [0.15, 0.2) is 11.2 Å². The molecule has 4 aromatic rings. The van der Waals surface area contributed by atoms with Gasteiger partial charge in [-0.05, 0) is 70.5 Å². The minimum absolute atomic E-state index is 0.00915. The van der Waals surface area contributed by atoms with E-state index in [0.29, 0.717) is 11.4 Å². The number of phosphoric ester groups is 2. The van der Waals surface area contributed by atoms with Gasteiger partial charge in [0, 0.05) is 24.2 Å². The number of aliphatic carboxylic acids is 1. The number of anilines is 3. The van der Waals surface area contributed by atoms with Crippen LogP contribution >= 0.6 is 15.6 Å². The van der Waals surface area contributed by atoms with E-state index in [9.17, 15) is 43.0 Å². The first kappa shape index (κ1) is 51.5. The number of phosphoric acid groups is 2. The first-order valence-electron chi connectivity index (χ1n) is 20.0. The Bertz CT molecular complexity index is 2440. The zero-order chi connectivity index (χ0) is 47.6. The molecular formula is C38H50N10O15P2. The molecule has 2 aromatic heterocycles. The molecule has 0 aliphatic heterocycles. The lowest BCUT2D eigenvalue weighted by Gasteiger charge is -2.25. The van der Waals surface area contributed by atoms with E-state index in [-0.39, 0.29) is 66.9 Å². The van der Waals surface area contributed by atoms with Gasteiger partial charge in [0.25, 0.3) is 17.4 Å². The fourth-order valence-electron chi connectivity index (χ4n) is 5.52. The molecule has 2 heterocycles. The Morgan fingerprint density at radius 3 is 2.14 bits per heavy atom. The van der Waals surface area contributed by atoms with Crippen LogP contribution in [0.1, 0.15) is 66.9 Å². The van der Waals surface area contributed by atoms with Gasteiger partial charge in [-0.2, -0.15) is 4.98 Å². The third-order valence-corrected chi connectivity index (χ3v) is 11.7. The van der Waals surface area contributed by atoms with Crippen LogP contribution in [0.15, 0.2) is 59.5 Å². The number of amides is 5. The number of carboxylic acid groups (broad SMARTS) is 1. The smallest absolute Gasteiger partial charge is 0.475 e. The number of carbonyl (C=O) groups is 5. The number of carbonyl (C=O) groups excluding carboxylic acids is 4. The fourth-order valence-corrected chi connectivity index (χ4v) is 8.06. The average molecular weight is 949 g/mol. The summed E-state index contributed by atoms with van der Waals surface area (Å²) in [5.41, 5.74) is 6.04. The van der Waals surface area contributed by atoms with Gasteiger partial charge in [0.05, 0.1) is 62.7 Å². The minimum atomic E-state index is -4.19. The van der Waals surface area contributed by atoms with Crippen molar-refractivity contribution in [1.82, 2.24) is 35.9 Å². The van der Waals surface area contributed by atoms with Gasteiger partial charge in [-0.3, -0.25) is 56.6 Å². The first-order valence-corrected chi connectivity index (χ1v) is 22.9. The zero-order valence-corrected chi connectivity index (χ0v) is 37.5. The maximum Gasteiger partial charge on any atom is 0.475 e. The Morgan fingerprint density at radius 1 is 0.846 bits per heavy atom. The first-order chi connectivity index (χ1) is 31.0. The second-order valence-corrected chi connectivity index (χ2v) is 16.5. The van der Waals surface area contributed by atoms with Crippen molar-refractivity contribution in [2.45, 2.75) is 59.2 Å². The van der Waals surface area contributed by atoms with Crippen molar-refractivity contribution in [3.63, 3.8) is 0 Å². The standard InChI is InChI=1S/C38H50N10O15P2/c1-5-58-64(56,59-6-2)62-22-26(63-65(57,60-7-3)61-8-4)21-42-34(51)27-11-9-10-12-28(27)45-38(55)46-30(49)18-17-29(36(53)54)44-33(50)23-13-15-24(16-14-23)40-19-25-20-41-32-31(43-25)35(52)48-37(39)47-32/h9-16,20,26,29,40H,5-8,17-19,21-22H2,1-4H3,(H,42,51)(H,44,50)(H,53,54)(H2,45,46,49,55)(H3,39,41,47,48,52)/t26?,29-/m1/s1. The molecule has 0 fully saturated rings. The Morgan fingerprint density at radius 2 is 1.49 bits per heavy atom. The number of urea groups is 1. The topological polar surface area (TPSA) is 353 Å². The van der Waals surface area contributed by atoms with Gasteiger partial charge < -0.3 is 32.1 Å². The zero-order valence-electron chi connectivity index (χ0n) is 35.7. The van der Waals surface area contributed by atoms with E-state index < -0.39 is 89.1 Å². The molecule has 1 unspecified atom stereocenters. The number of aromatic nitrogens is 4. The van der Waals surface area contributed by atoms with Crippen LogP contribution in [0, 0.1) is 0 Å². The van der Waals surface area contributed by atoms with Crippen molar-refractivity contribution in [1.29, 1.82) is 0 Å². The number of carboxylic acids is 1. The monoisotopic (exact) mass is 948 g/mol. The fraction of sp³-hybridized carbons (Fsp3) is 0.395. The molecule has 27 heteroatoms. The Balaban J connectivity index is 1.30. The summed E-state index contributed by atoms with van der Waals surface area (Å²) >= 11 is 0. The molecule has 4 rings (SSSR count). The van der Waals surface area contributed by atoms with E-state index >= 15 is 0 Å². The number of para-hydroxylation sites is 1. The Kier molecular flexibility index (Phi) is 19.6. The van der Waals surface area contributed by atoms with Crippen LogP contribution in [-0.2, 0) is 52.4 Å². The predicted molar refractivity (Wildman–Crippen MR) is 233 cm³/mol. The summed E-state index contributed by atoms with van der Waals surface area (Å²) in [7, 11) is -8.26. The summed E-state index contributed by atoms with van der Waals surface area (Å²) in [4.78, 5) is 90.7. The number of nitrogens with two attached hydrogens (primary N) is 1. The van der Waals surface area contributed by atoms with Gasteiger partial charge in [-0.1, -0.05) is 12.1 Å². The molecule has 0 saturated heterocycles. The largest absolute Gasteiger partial charge is 0.480 e. The molecule has 0 saturated carbocycles. The van der Waals surface area contributed by atoms with E-state index in [1.807, 2.05) is 0 Å². The number of H-pyrrole nitrogens is 1. The number of nitrogens with one attached hydrogen (secondary N) is 6. The van der Waals surface area contributed by atoms with Crippen molar-refractivity contribution >= 4 is 73.9 Å². The van der Waals surface area contributed by atoms with Crippen LogP contribution in [0.4, 0.5) is 22.1 Å². The highest BCUT2D eigenvalue weighted by molar-refractivity contribution is 7.48. The maximum absolute atomic E-state index is 13.4. The third-order valence-electron chi connectivity index (χ3n) is 8.38. The number of imide groups is 1. The number of benzene rings is 2. The highest BCUT2D eigenvalue weighted by atomic mass is 31.2. The summed E-state index contributed by atoms with van der Waals surface area (Å²) in [6.45, 7) is 5.27. The number of hydrogen-bond donors (Lipinski definition) is 8. The quantitative estimate of drug-likeness (QED) is 0.0416. The van der Waals surface area contributed by atoms with Gasteiger partial charge >= 0.3 is 27.6 Å². The van der Waals surface area contributed by atoms with E-state index in [4.69, 9.17) is 32.9 Å². The summed E-state index contributed by atoms with van der Waals surface area (Å²) in [5.74, 6) is -3.94. The number of aromatic amines is 1. The molecule has 9 N–H and O–H groups in total. The molecule has 2 aromatic carbocycles. The van der Waals surface area contributed by atoms with Crippen LogP contribution in [-0.4, -0.2) is 106 Å². The van der Waals surface area contributed by atoms with E-state index in [1.54, 1.807) is 39.8 Å². The van der Waals surface area contributed by atoms with Crippen molar-refractivity contribution < 1.29 is 65.4 Å². The summed E-state index contributed by atoms with van der Waals surface area (Å²) in [6, 6.07) is 9.13. The lowest BCUT2D eigenvalue weighted by Crippen LogP contribution is -2.42. The number of fused-ring (bicyclic) bond motifs is 1. The SMILES string of the molecule is CCOP(=O)(OCC)OCC(CNC(=O)c1ccccc1NC(=O)NC(=O)CC[C@@H](NC(=O)c1ccc(NCc2cnc3nc(N)[nH]c(=O)c3n2)cc1)C(=O)O)OP(=O)(OCC)OCC. The average Bonchev–Trinajstić information content (AvgIpc) is 3.25. The summed E-state index contributed by atoms with van der Waals surface area (Å²) in [5, 5.41) is 22.2. The molecule has 352 valence electrons. The molecule has 0 spiro atoms. The van der Waals surface area contributed by atoms with Crippen LogP contribution < -0.4 is 37.9 Å². The molecule has 25 nitrogen and oxygen atoms in total. The van der Waals surface area contributed by atoms with Crippen molar-refractivity contribution in [3.05, 3.63) is 81.9 Å². The summed E-state index contributed by atoms with van der Waals surface area (Å²) in [6.07, 6.45) is -0.768. The third kappa shape index (κ3) is 16.1. The molecular weight excluding hydrogens is 898 g/mol. The number of nitrogens with zero attached hydrogens (tertiary/aromatic N) is 3. The molecule has 0 radical (unpaired) electrons. The second kappa shape index (κ2) is 24.8. The minimum Gasteiger partial charge on any atom is -0.480 e. The normalized spacial score (nSPS) is 12.5. The number of nitrogen functional groups attached to an aromatic ring is 1. The predicted octanol–water partition coefficient (Wildman–Crippen LogP) is 3.71. The molecule has 0 aliphatic rings. The maximum atomic E-state index is 13.4. The molecule has 2 atom stereocenters. The Labute approximate surface area is 371 Å². The molecule has 5 amide bonds. The highest BCUT2D eigenvalue weighted by Crippen LogP contribution is 2.52. The van der Waals surface area contributed by atoms with Gasteiger partial charge in [-0.25, -0.2) is 28.7 Å². The lowest BCUT2D eigenvalue weighted by molar-refractivity contribution is -0.139. The van der Waals surface area contributed by atoms with Gasteiger partial charge in [-0.15, -0.1) is 0 Å². The van der Waals surface area contributed by atoms with Crippen molar-refractivity contribution in [2.75, 3.05) is 55.9 Å². The van der Waals surface area contributed by atoms with Crippen molar-refractivity contribution in [2.24, 2.45) is 0 Å². The molecule has 0 aliphatic carbocycles. The molecule has 65 heavy (non-hydrogen) atoms. The van der Waals surface area contributed by atoms with E-state index in [2.05, 4.69) is 46.5 Å². The number of hydrogen-bond acceptors (Lipinski definition) is 19. The van der Waals surface area contributed by atoms with Crippen LogP contribution in [0.2, 0.25) is 0 Å². The molecule has 0 bridgehead atoms. The van der Waals surface area contributed by atoms with Crippen LogP contribution in [0.25, 0.3) is 11.2 Å². The number of rotatable bonds is 26. The second-order valence-electron chi connectivity index (χ2n) is 13.2. The van der Waals surface area contributed by atoms with Gasteiger partial charge in [0.2, 0.25) is 11.9 Å². The van der Waals surface area contributed by atoms with E-state index in [1.165, 1.54) is 42.6 Å². The van der Waals surface area contributed by atoms with Crippen molar-refractivity contribution in [3.8, 4) is 0 Å². The lowest BCUT2D eigenvalue weighted by atomic mass is 10.1.